The van der Waals surface area contributed by atoms with Crippen LogP contribution in [-0.4, -0.2) is 48.7 Å². The Morgan fingerprint density at radius 2 is 1.74 bits per heavy atom. The molecule has 1 aromatic carbocycles. The Balaban J connectivity index is 1.76. The lowest BCUT2D eigenvalue weighted by atomic mass is 9.96. The van der Waals surface area contributed by atoms with Crippen molar-refractivity contribution < 1.29 is 13.2 Å². The predicted molar refractivity (Wildman–Crippen MR) is 107 cm³/mol. The first-order valence-electron chi connectivity index (χ1n) is 9.88. The average molecular weight is 413 g/mol. The minimum absolute atomic E-state index is 0.118. The smallest absolute Gasteiger partial charge is 0.243 e. The van der Waals surface area contributed by atoms with Crippen LogP contribution in [0.1, 0.15) is 52.4 Å². The Labute approximate surface area is 167 Å². The van der Waals surface area contributed by atoms with Gasteiger partial charge in [0.05, 0.1) is 10.8 Å². The van der Waals surface area contributed by atoms with Crippen molar-refractivity contribution in [2.24, 2.45) is 5.92 Å². The molecule has 3 rings (SSSR count). The van der Waals surface area contributed by atoms with Crippen LogP contribution >= 0.6 is 11.6 Å². The van der Waals surface area contributed by atoms with E-state index in [-0.39, 0.29) is 29.3 Å². The van der Waals surface area contributed by atoms with Crippen LogP contribution in [0.2, 0.25) is 5.02 Å². The van der Waals surface area contributed by atoms with Crippen LogP contribution < -0.4 is 0 Å². The Hall–Kier alpha value is -1.11. The van der Waals surface area contributed by atoms with Gasteiger partial charge in [-0.3, -0.25) is 4.79 Å². The summed E-state index contributed by atoms with van der Waals surface area (Å²) in [7, 11) is -3.61. The molecule has 1 aliphatic heterocycles. The molecule has 1 amide bonds. The lowest BCUT2D eigenvalue weighted by Crippen LogP contribution is -2.51. The van der Waals surface area contributed by atoms with Crippen LogP contribution in [0.3, 0.4) is 0 Å². The second-order valence-electron chi connectivity index (χ2n) is 7.93. The molecule has 1 heterocycles. The van der Waals surface area contributed by atoms with Gasteiger partial charge in [-0.1, -0.05) is 24.4 Å². The molecule has 0 radical (unpaired) electrons. The van der Waals surface area contributed by atoms with Gasteiger partial charge in [-0.05, 0) is 63.8 Å². The zero-order chi connectivity index (χ0) is 19.6. The Kier molecular flexibility index (Phi) is 6.49. The first-order valence-corrected chi connectivity index (χ1v) is 11.7. The molecule has 0 spiro atoms. The van der Waals surface area contributed by atoms with Gasteiger partial charge < -0.3 is 4.90 Å². The molecule has 7 heteroatoms. The van der Waals surface area contributed by atoms with E-state index in [1.54, 1.807) is 12.1 Å². The monoisotopic (exact) mass is 412 g/mol. The van der Waals surface area contributed by atoms with Crippen molar-refractivity contribution in [3.05, 3.63) is 29.3 Å². The molecule has 2 aliphatic rings. The lowest BCUT2D eigenvalue weighted by Gasteiger charge is -2.39. The average Bonchev–Trinajstić information content (AvgIpc) is 3.16. The van der Waals surface area contributed by atoms with Crippen molar-refractivity contribution in [1.82, 2.24) is 9.21 Å². The summed E-state index contributed by atoms with van der Waals surface area (Å²) in [5.41, 5.74) is 0. The first kappa shape index (κ1) is 20.6. The molecule has 1 aromatic rings. The number of piperidine rings is 1. The summed E-state index contributed by atoms with van der Waals surface area (Å²) < 4.78 is 27.4. The summed E-state index contributed by atoms with van der Waals surface area (Å²) in [6.07, 6.45) is 5.92. The van der Waals surface area contributed by atoms with Gasteiger partial charge in [0.25, 0.3) is 0 Å². The number of halogens is 1. The van der Waals surface area contributed by atoms with Gasteiger partial charge in [-0.15, -0.1) is 0 Å². The molecule has 1 aliphatic carbocycles. The molecule has 2 fully saturated rings. The number of hydrogen-bond acceptors (Lipinski definition) is 3. The van der Waals surface area contributed by atoms with Gasteiger partial charge in [0, 0.05) is 30.2 Å². The van der Waals surface area contributed by atoms with Crippen molar-refractivity contribution in [1.29, 1.82) is 0 Å². The van der Waals surface area contributed by atoms with Gasteiger partial charge in [0.2, 0.25) is 15.9 Å². The molecule has 150 valence electrons. The fourth-order valence-electron chi connectivity index (χ4n) is 4.37. The third-order valence-corrected chi connectivity index (χ3v) is 7.85. The highest BCUT2D eigenvalue weighted by Gasteiger charge is 2.38. The van der Waals surface area contributed by atoms with Crippen molar-refractivity contribution in [3.63, 3.8) is 0 Å². The minimum Gasteiger partial charge on any atom is -0.337 e. The van der Waals surface area contributed by atoms with E-state index in [0.717, 1.165) is 19.3 Å². The number of carbonyl (C=O) groups is 1. The zero-order valence-corrected chi connectivity index (χ0v) is 17.7. The number of hydrogen-bond donors (Lipinski definition) is 0. The Morgan fingerprint density at radius 1 is 1.11 bits per heavy atom. The van der Waals surface area contributed by atoms with Gasteiger partial charge in [0.15, 0.2) is 0 Å². The molecule has 27 heavy (non-hydrogen) atoms. The summed E-state index contributed by atoms with van der Waals surface area (Å²) in [5.74, 6) is -0.142. The van der Waals surface area contributed by atoms with Crippen LogP contribution in [0.4, 0.5) is 0 Å². The van der Waals surface area contributed by atoms with Crippen molar-refractivity contribution >= 4 is 27.5 Å². The van der Waals surface area contributed by atoms with E-state index in [4.69, 9.17) is 11.6 Å². The van der Waals surface area contributed by atoms with E-state index in [9.17, 15) is 13.2 Å². The number of carbonyl (C=O) groups excluding carboxylic acids is 1. The number of sulfonamides is 1. The molecule has 1 atom stereocenters. The minimum atomic E-state index is -3.61. The van der Waals surface area contributed by atoms with Gasteiger partial charge in [-0.2, -0.15) is 4.31 Å². The maximum atomic E-state index is 13.3. The highest BCUT2D eigenvalue weighted by atomic mass is 35.5. The van der Waals surface area contributed by atoms with Crippen LogP contribution in [0.5, 0.6) is 0 Å². The molecule has 1 saturated carbocycles. The highest BCUT2D eigenvalue weighted by molar-refractivity contribution is 7.89. The van der Waals surface area contributed by atoms with Gasteiger partial charge >= 0.3 is 0 Å². The number of nitrogens with zero attached hydrogens (tertiary/aromatic N) is 2. The maximum absolute atomic E-state index is 13.3. The maximum Gasteiger partial charge on any atom is 0.243 e. The second-order valence-corrected chi connectivity index (χ2v) is 10.3. The topological polar surface area (TPSA) is 57.7 Å². The number of amides is 1. The SMILES string of the molecule is CC(C)N(C(=O)C1CCCN(S(=O)(=O)c2ccc(Cl)cc2)C1)C1CCCC1. The molecule has 0 aromatic heterocycles. The fraction of sp³-hybridized carbons (Fsp3) is 0.650. The predicted octanol–water partition coefficient (Wildman–Crippen LogP) is 3.92. The molecule has 0 bridgehead atoms. The largest absolute Gasteiger partial charge is 0.337 e. The second kappa shape index (κ2) is 8.50. The molecule has 5 nitrogen and oxygen atoms in total. The summed E-state index contributed by atoms with van der Waals surface area (Å²) in [6.45, 7) is 4.84. The van der Waals surface area contributed by atoms with Gasteiger partial charge in [-0.25, -0.2) is 8.42 Å². The van der Waals surface area contributed by atoms with Crippen LogP contribution in [0.15, 0.2) is 29.2 Å². The third-order valence-electron chi connectivity index (χ3n) is 5.71. The number of rotatable bonds is 5. The summed E-state index contributed by atoms with van der Waals surface area (Å²) in [6, 6.07) is 6.68. The highest BCUT2D eigenvalue weighted by Crippen LogP contribution is 2.30. The van der Waals surface area contributed by atoms with Crippen LogP contribution in [0.25, 0.3) is 0 Å². The van der Waals surface area contributed by atoms with Crippen LogP contribution in [-0.2, 0) is 14.8 Å². The Bertz CT molecular complexity index is 758. The van der Waals surface area contributed by atoms with E-state index in [1.807, 2.05) is 4.90 Å². The van der Waals surface area contributed by atoms with E-state index < -0.39 is 10.0 Å². The standard InChI is InChI=1S/C20H29ClN2O3S/c1-15(2)23(18-7-3-4-8-18)20(24)16-6-5-13-22(14-16)27(25,26)19-11-9-17(21)10-12-19/h9-12,15-16,18H,3-8,13-14H2,1-2H3. The molecule has 1 saturated heterocycles. The summed E-state index contributed by atoms with van der Waals surface area (Å²) in [4.78, 5) is 15.5. The van der Waals surface area contributed by atoms with E-state index in [1.165, 1.54) is 29.3 Å². The molecular formula is C20H29ClN2O3S. The third kappa shape index (κ3) is 4.49. The van der Waals surface area contributed by atoms with Crippen molar-refractivity contribution in [2.45, 2.75) is 69.4 Å². The quantitative estimate of drug-likeness (QED) is 0.736. The molecule has 1 unspecified atom stereocenters. The lowest BCUT2D eigenvalue weighted by molar-refractivity contribution is -0.141. The number of benzene rings is 1. The van der Waals surface area contributed by atoms with E-state index in [2.05, 4.69) is 13.8 Å². The van der Waals surface area contributed by atoms with Gasteiger partial charge in [0.1, 0.15) is 0 Å². The summed E-state index contributed by atoms with van der Waals surface area (Å²) in [5, 5.41) is 0.504. The summed E-state index contributed by atoms with van der Waals surface area (Å²) >= 11 is 5.88. The van der Waals surface area contributed by atoms with Crippen molar-refractivity contribution in [2.75, 3.05) is 13.1 Å². The van der Waals surface area contributed by atoms with Crippen molar-refractivity contribution in [3.8, 4) is 0 Å². The van der Waals surface area contributed by atoms with E-state index in [0.29, 0.717) is 24.0 Å². The first-order chi connectivity index (χ1) is 12.8. The Morgan fingerprint density at radius 3 is 2.33 bits per heavy atom. The normalized spacial score (nSPS) is 22.3. The fourth-order valence-corrected chi connectivity index (χ4v) is 6.02. The zero-order valence-electron chi connectivity index (χ0n) is 16.1. The van der Waals surface area contributed by atoms with E-state index >= 15 is 0 Å². The molecular weight excluding hydrogens is 384 g/mol. The van der Waals surface area contributed by atoms with Crippen LogP contribution in [0, 0.1) is 5.92 Å². The molecule has 0 N–H and O–H groups in total.